The Labute approximate surface area is 110 Å². The lowest BCUT2D eigenvalue weighted by atomic mass is 9.90. The van der Waals surface area contributed by atoms with E-state index < -0.39 is 5.97 Å². The zero-order chi connectivity index (χ0) is 12.4. The summed E-state index contributed by atoms with van der Waals surface area (Å²) in [5.74, 6) is -0.489. The summed E-state index contributed by atoms with van der Waals surface area (Å²) in [6.45, 7) is 4.45. The van der Waals surface area contributed by atoms with Gasteiger partial charge in [0.05, 0.1) is 10.3 Å². The number of aliphatic carboxylic acids is 1. The third kappa shape index (κ3) is 3.21. The second-order valence-electron chi connectivity index (χ2n) is 4.79. The van der Waals surface area contributed by atoms with Crippen molar-refractivity contribution in [2.24, 2.45) is 11.8 Å². The predicted octanol–water partition coefficient (Wildman–Crippen LogP) is 2.94. The summed E-state index contributed by atoms with van der Waals surface area (Å²) in [5, 5.41) is 11.1. The van der Waals surface area contributed by atoms with Crippen molar-refractivity contribution in [1.82, 2.24) is 4.90 Å². The van der Waals surface area contributed by atoms with Gasteiger partial charge in [-0.2, -0.15) is 0 Å². The molecule has 2 heterocycles. The third-order valence-electron chi connectivity index (χ3n) is 3.17. The second-order valence-corrected chi connectivity index (χ2v) is 6.31. The molecule has 0 bridgehead atoms. The molecule has 1 aliphatic rings. The quantitative estimate of drug-likeness (QED) is 0.921. The van der Waals surface area contributed by atoms with Crippen molar-refractivity contribution >= 4 is 28.9 Å². The predicted molar refractivity (Wildman–Crippen MR) is 69.5 cm³/mol. The summed E-state index contributed by atoms with van der Waals surface area (Å²) in [6, 6.07) is 2.02. The van der Waals surface area contributed by atoms with Gasteiger partial charge >= 0.3 is 5.97 Å². The number of halogens is 1. The van der Waals surface area contributed by atoms with Gasteiger partial charge in [0, 0.05) is 19.6 Å². The Bertz CT molecular complexity index is 407. The molecule has 1 aliphatic heterocycles. The number of thiophene rings is 1. The van der Waals surface area contributed by atoms with Crippen LogP contribution >= 0.6 is 22.9 Å². The highest BCUT2D eigenvalue weighted by molar-refractivity contribution is 7.14. The van der Waals surface area contributed by atoms with Crippen molar-refractivity contribution in [3.8, 4) is 0 Å². The first-order valence-electron chi connectivity index (χ1n) is 5.73. The van der Waals surface area contributed by atoms with E-state index in [4.69, 9.17) is 16.7 Å². The maximum atomic E-state index is 11.1. The normalized spacial score (nSPS) is 26.0. The summed E-state index contributed by atoms with van der Waals surface area (Å²) in [6.07, 6.45) is 0.781. The molecule has 0 amide bonds. The van der Waals surface area contributed by atoms with Gasteiger partial charge in [-0.25, -0.2) is 0 Å². The lowest BCUT2D eigenvalue weighted by molar-refractivity contribution is -0.144. The van der Waals surface area contributed by atoms with Gasteiger partial charge < -0.3 is 5.11 Å². The number of piperidine rings is 1. The molecule has 0 spiro atoms. The highest BCUT2D eigenvalue weighted by atomic mass is 35.5. The van der Waals surface area contributed by atoms with Gasteiger partial charge in [-0.1, -0.05) is 18.5 Å². The fraction of sp³-hybridized carbons (Fsp3) is 0.583. The monoisotopic (exact) mass is 273 g/mol. The Morgan fingerprint density at radius 2 is 2.41 bits per heavy atom. The number of likely N-dealkylation sites (tertiary alicyclic amines) is 1. The van der Waals surface area contributed by atoms with E-state index in [1.807, 2.05) is 11.4 Å². The Balaban J connectivity index is 2.01. The standard InChI is InChI=1S/C12H16ClNO2S/c1-8-4-10(12(15)16)7-14(5-8)6-9-2-3-17-11(9)13/h2-3,8,10H,4-7H2,1H3,(H,15,16). The van der Waals surface area contributed by atoms with Crippen LogP contribution in [0.5, 0.6) is 0 Å². The number of rotatable bonds is 3. The van der Waals surface area contributed by atoms with Crippen LogP contribution in [0.15, 0.2) is 11.4 Å². The molecule has 1 aromatic rings. The van der Waals surface area contributed by atoms with E-state index in [0.29, 0.717) is 12.5 Å². The van der Waals surface area contributed by atoms with Gasteiger partial charge in [-0.05, 0) is 29.3 Å². The van der Waals surface area contributed by atoms with Crippen LogP contribution in [0.4, 0.5) is 0 Å². The Morgan fingerprint density at radius 1 is 1.65 bits per heavy atom. The van der Waals surface area contributed by atoms with Crippen molar-refractivity contribution < 1.29 is 9.90 Å². The lowest BCUT2D eigenvalue weighted by Crippen LogP contribution is -2.41. The maximum Gasteiger partial charge on any atom is 0.307 e. The lowest BCUT2D eigenvalue weighted by Gasteiger charge is -2.34. The van der Waals surface area contributed by atoms with E-state index in [-0.39, 0.29) is 5.92 Å². The number of hydrogen-bond acceptors (Lipinski definition) is 3. The smallest absolute Gasteiger partial charge is 0.307 e. The van der Waals surface area contributed by atoms with Gasteiger partial charge in [0.2, 0.25) is 0 Å². The molecule has 1 aromatic heterocycles. The second kappa shape index (κ2) is 5.38. The van der Waals surface area contributed by atoms with Crippen LogP contribution < -0.4 is 0 Å². The maximum absolute atomic E-state index is 11.1. The number of carbonyl (C=O) groups is 1. The van der Waals surface area contributed by atoms with E-state index in [2.05, 4.69) is 11.8 Å². The van der Waals surface area contributed by atoms with Gasteiger partial charge in [-0.15, -0.1) is 11.3 Å². The first-order chi connectivity index (χ1) is 8.06. The Morgan fingerprint density at radius 3 is 3.00 bits per heavy atom. The van der Waals surface area contributed by atoms with Gasteiger partial charge in [-0.3, -0.25) is 9.69 Å². The molecule has 1 N–H and O–H groups in total. The SMILES string of the molecule is CC1CC(C(=O)O)CN(Cc2ccsc2Cl)C1. The molecule has 17 heavy (non-hydrogen) atoms. The van der Waals surface area contributed by atoms with Crippen LogP contribution in [0.25, 0.3) is 0 Å². The third-order valence-corrected chi connectivity index (χ3v) is 4.42. The Kier molecular flexibility index (Phi) is 4.07. The van der Waals surface area contributed by atoms with E-state index in [1.54, 1.807) is 0 Å². The van der Waals surface area contributed by atoms with Gasteiger partial charge in [0.1, 0.15) is 0 Å². The fourth-order valence-electron chi connectivity index (χ4n) is 2.44. The summed E-state index contributed by atoms with van der Waals surface area (Å²) >= 11 is 7.59. The summed E-state index contributed by atoms with van der Waals surface area (Å²) in [4.78, 5) is 13.3. The van der Waals surface area contributed by atoms with Gasteiger partial charge in [0.25, 0.3) is 0 Å². The molecule has 1 saturated heterocycles. The highest BCUT2D eigenvalue weighted by Crippen LogP contribution is 2.27. The Hall–Kier alpha value is -0.580. The largest absolute Gasteiger partial charge is 0.481 e. The minimum atomic E-state index is -0.682. The first kappa shape index (κ1) is 12.9. The average molecular weight is 274 g/mol. The fourth-order valence-corrected chi connectivity index (χ4v) is 3.36. The molecule has 1 fully saturated rings. The number of carboxylic acid groups (broad SMARTS) is 1. The van der Waals surface area contributed by atoms with Crippen LogP contribution in [0.2, 0.25) is 4.34 Å². The van der Waals surface area contributed by atoms with Crippen LogP contribution in [0.3, 0.4) is 0 Å². The molecule has 0 aromatic carbocycles. The molecule has 5 heteroatoms. The van der Waals surface area contributed by atoms with E-state index in [0.717, 1.165) is 29.4 Å². The van der Waals surface area contributed by atoms with Crippen LogP contribution in [0, 0.1) is 11.8 Å². The first-order valence-corrected chi connectivity index (χ1v) is 6.99. The van der Waals surface area contributed by atoms with E-state index in [1.165, 1.54) is 11.3 Å². The van der Waals surface area contributed by atoms with Crippen molar-refractivity contribution in [2.45, 2.75) is 19.9 Å². The van der Waals surface area contributed by atoms with Crippen molar-refractivity contribution in [3.05, 3.63) is 21.3 Å². The number of carboxylic acids is 1. The van der Waals surface area contributed by atoms with Gasteiger partial charge in [0.15, 0.2) is 0 Å². The van der Waals surface area contributed by atoms with Crippen molar-refractivity contribution in [2.75, 3.05) is 13.1 Å². The molecular formula is C12H16ClNO2S. The molecular weight excluding hydrogens is 258 g/mol. The molecule has 2 unspecified atom stereocenters. The van der Waals surface area contributed by atoms with Crippen molar-refractivity contribution in [1.29, 1.82) is 0 Å². The highest BCUT2D eigenvalue weighted by Gasteiger charge is 2.29. The topological polar surface area (TPSA) is 40.5 Å². The van der Waals surface area contributed by atoms with Crippen LogP contribution in [-0.2, 0) is 11.3 Å². The van der Waals surface area contributed by atoms with Crippen LogP contribution in [0.1, 0.15) is 18.9 Å². The summed E-state index contributed by atoms with van der Waals surface area (Å²) < 4.78 is 0.815. The minimum Gasteiger partial charge on any atom is -0.481 e. The summed E-state index contributed by atoms with van der Waals surface area (Å²) in [5.41, 5.74) is 1.11. The van der Waals surface area contributed by atoms with E-state index in [9.17, 15) is 4.79 Å². The van der Waals surface area contributed by atoms with Crippen molar-refractivity contribution in [3.63, 3.8) is 0 Å². The molecule has 0 radical (unpaired) electrons. The summed E-state index contributed by atoms with van der Waals surface area (Å²) in [7, 11) is 0. The average Bonchev–Trinajstić information content (AvgIpc) is 2.63. The zero-order valence-corrected chi connectivity index (χ0v) is 11.3. The molecule has 0 aliphatic carbocycles. The zero-order valence-electron chi connectivity index (χ0n) is 9.73. The van der Waals surface area contributed by atoms with Crippen LogP contribution in [-0.4, -0.2) is 29.1 Å². The minimum absolute atomic E-state index is 0.240. The molecule has 2 atom stereocenters. The molecule has 0 saturated carbocycles. The molecule has 3 nitrogen and oxygen atoms in total. The molecule has 2 rings (SSSR count). The number of nitrogens with zero attached hydrogens (tertiary/aromatic N) is 1. The number of hydrogen-bond donors (Lipinski definition) is 1. The van der Waals surface area contributed by atoms with E-state index >= 15 is 0 Å². The molecule has 94 valence electrons.